The number of nitrogens with zero attached hydrogens (tertiary/aromatic N) is 4. The van der Waals surface area contributed by atoms with E-state index in [9.17, 15) is 4.79 Å². The molecule has 0 aliphatic heterocycles. The summed E-state index contributed by atoms with van der Waals surface area (Å²) < 4.78 is 1.80. The second-order valence-corrected chi connectivity index (χ2v) is 7.09. The normalized spacial score (nSPS) is 12.0. The van der Waals surface area contributed by atoms with Gasteiger partial charge in [-0.15, -0.1) is 0 Å². The largest absolute Gasteiger partial charge is 0.377 e. The number of aromatic nitrogens is 4. The van der Waals surface area contributed by atoms with E-state index in [2.05, 4.69) is 32.6 Å². The highest BCUT2D eigenvalue weighted by Crippen LogP contribution is 2.23. The molecule has 0 saturated carbocycles. The standard InChI is InChI=1S/C22H22N6O/c1-14-7-17(11-23-10-14)22(29)27-18-6-4-5-16(8-18)15(2)26-19-9-21-20(24-12-19)13-25-28(21)3/h4-13,15,26H,1-3H3,(H,27,29)/t15-/m0/s1. The van der Waals surface area contributed by atoms with Gasteiger partial charge in [-0.1, -0.05) is 12.1 Å². The van der Waals surface area contributed by atoms with E-state index in [1.165, 1.54) is 0 Å². The van der Waals surface area contributed by atoms with Crippen LogP contribution in [0, 0.1) is 6.92 Å². The van der Waals surface area contributed by atoms with Crippen molar-refractivity contribution in [1.29, 1.82) is 0 Å². The molecule has 0 bridgehead atoms. The van der Waals surface area contributed by atoms with Gasteiger partial charge in [0.15, 0.2) is 0 Å². The monoisotopic (exact) mass is 386 g/mol. The molecular weight excluding hydrogens is 364 g/mol. The maximum Gasteiger partial charge on any atom is 0.257 e. The van der Waals surface area contributed by atoms with Crippen LogP contribution in [0.25, 0.3) is 11.0 Å². The summed E-state index contributed by atoms with van der Waals surface area (Å²) in [5, 5.41) is 10.6. The fraction of sp³-hybridized carbons (Fsp3) is 0.182. The summed E-state index contributed by atoms with van der Waals surface area (Å²) in [5.41, 5.74) is 6.02. The van der Waals surface area contributed by atoms with E-state index in [1.54, 1.807) is 29.5 Å². The van der Waals surface area contributed by atoms with Crippen molar-refractivity contribution in [3.05, 3.63) is 77.9 Å². The fourth-order valence-corrected chi connectivity index (χ4v) is 3.21. The highest BCUT2D eigenvalue weighted by molar-refractivity contribution is 6.04. The third-order valence-electron chi connectivity index (χ3n) is 4.76. The first-order chi connectivity index (χ1) is 14.0. The van der Waals surface area contributed by atoms with Gasteiger partial charge < -0.3 is 10.6 Å². The van der Waals surface area contributed by atoms with Gasteiger partial charge in [0.05, 0.1) is 29.2 Å². The first kappa shape index (κ1) is 18.6. The van der Waals surface area contributed by atoms with Gasteiger partial charge in [0, 0.05) is 31.2 Å². The molecule has 1 amide bonds. The number of carbonyl (C=O) groups excluding carboxylic acids is 1. The third kappa shape index (κ3) is 4.08. The van der Waals surface area contributed by atoms with Crippen LogP contribution in [0.1, 0.15) is 34.5 Å². The minimum absolute atomic E-state index is 0.0277. The van der Waals surface area contributed by atoms with Crippen molar-refractivity contribution in [3.8, 4) is 0 Å². The van der Waals surface area contributed by atoms with E-state index in [-0.39, 0.29) is 11.9 Å². The summed E-state index contributed by atoms with van der Waals surface area (Å²) in [6.07, 6.45) is 6.84. The summed E-state index contributed by atoms with van der Waals surface area (Å²) in [6, 6.07) is 11.7. The molecule has 0 unspecified atom stereocenters. The Balaban J connectivity index is 1.49. The summed E-state index contributed by atoms with van der Waals surface area (Å²) in [4.78, 5) is 21.0. The van der Waals surface area contributed by atoms with Gasteiger partial charge in [0.1, 0.15) is 5.52 Å². The van der Waals surface area contributed by atoms with E-state index >= 15 is 0 Å². The molecular formula is C22H22N6O. The van der Waals surface area contributed by atoms with Crippen molar-refractivity contribution in [3.63, 3.8) is 0 Å². The van der Waals surface area contributed by atoms with E-state index in [0.717, 1.165) is 33.5 Å². The first-order valence-electron chi connectivity index (χ1n) is 9.37. The Bertz CT molecular complexity index is 1180. The maximum absolute atomic E-state index is 12.5. The highest BCUT2D eigenvalue weighted by atomic mass is 16.1. The number of fused-ring (bicyclic) bond motifs is 1. The number of pyridine rings is 2. The predicted octanol–water partition coefficient (Wildman–Crippen LogP) is 4.10. The lowest BCUT2D eigenvalue weighted by atomic mass is 10.1. The van der Waals surface area contributed by atoms with Gasteiger partial charge in [-0.2, -0.15) is 5.10 Å². The number of nitrogens with one attached hydrogen (secondary N) is 2. The molecule has 146 valence electrons. The van der Waals surface area contributed by atoms with Gasteiger partial charge >= 0.3 is 0 Å². The smallest absolute Gasteiger partial charge is 0.257 e. The van der Waals surface area contributed by atoms with Crippen molar-refractivity contribution in [2.45, 2.75) is 19.9 Å². The van der Waals surface area contributed by atoms with Crippen molar-refractivity contribution in [1.82, 2.24) is 19.7 Å². The van der Waals surface area contributed by atoms with Crippen LogP contribution in [0.5, 0.6) is 0 Å². The van der Waals surface area contributed by atoms with E-state index in [1.807, 2.05) is 50.4 Å². The third-order valence-corrected chi connectivity index (χ3v) is 4.76. The molecule has 7 nitrogen and oxygen atoms in total. The summed E-state index contributed by atoms with van der Waals surface area (Å²) in [5.74, 6) is -0.176. The number of anilines is 2. The van der Waals surface area contributed by atoms with Crippen LogP contribution in [0.4, 0.5) is 11.4 Å². The van der Waals surface area contributed by atoms with Crippen molar-refractivity contribution >= 4 is 28.3 Å². The van der Waals surface area contributed by atoms with Crippen LogP contribution in [0.3, 0.4) is 0 Å². The number of hydrogen-bond acceptors (Lipinski definition) is 5. The summed E-state index contributed by atoms with van der Waals surface area (Å²) >= 11 is 0. The van der Waals surface area contributed by atoms with Crippen LogP contribution in [-0.4, -0.2) is 25.7 Å². The van der Waals surface area contributed by atoms with E-state index in [4.69, 9.17) is 0 Å². The molecule has 0 aliphatic rings. The Kier molecular flexibility index (Phi) is 4.95. The second-order valence-electron chi connectivity index (χ2n) is 7.09. The number of rotatable bonds is 5. The van der Waals surface area contributed by atoms with Crippen molar-refractivity contribution in [2.75, 3.05) is 10.6 Å². The zero-order valence-electron chi connectivity index (χ0n) is 16.5. The molecule has 1 aromatic carbocycles. The van der Waals surface area contributed by atoms with Gasteiger partial charge in [-0.25, -0.2) is 0 Å². The lowest BCUT2D eigenvalue weighted by Crippen LogP contribution is -2.13. The summed E-state index contributed by atoms with van der Waals surface area (Å²) in [6.45, 7) is 3.98. The molecule has 0 aliphatic carbocycles. The number of carbonyl (C=O) groups is 1. The Hall–Kier alpha value is -3.74. The quantitative estimate of drug-likeness (QED) is 0.539. The van der Waals surface area contributed by atoms with Gasteiger partial charge in [0.25, 0.3) is 5.91 Å². The SMILES string of the molecule is Cc1cncc(C(=O)Nc2cccc([C@H](C)Nc3cnc4cnn(C)c4c3)c2)c1. The molecule has 29 heavy (non-hydrogen) atoms. The van der Waals surface area contributed by atoms with Crippen LogP contribution in [0.15, 0.2) is 61.2 Å². The Labute approximate surface area is 168 Å². The molecule has 3 heterocycles. The fourth-order valence-electron chi connectivity index (χ4n) is 3.21. The summed E-state index contributed by atoms with van der Waals surface area (Å²) in [7, 11) is 1.90. The lowest BCUT2D eigenvalue weighted by molar-refractivity contribution is 0.102. The average molecular weight is 386 g/mol. The van der Waals surface area contributed by atoms with E-state index in [0.29, 0.717) is 5.56 Å². The molecule has 3 aromatic heterocycles. The number of amides is 1. The Morgan fingerprint density at radius 1 is 1.07 bits per heavy atom. The zero-order valence-corrected chi connectivity index (χ0v) is 16.5. The van der Waals surface area contributed by atoms with E-state index < -0.39 is 0 Å². The molecule has 2 N–H and O–H groups in total. The topological polar surface area (TPSA) is 84.7 Å². The van der Waals surface area contributed by atoms with Gasteiger partial charge in [-0.3, -0.25) is 19.4 Å². The number of aryl methyl sites for hydroxylation is 2. The molecule has 4 aromatic rings. The molecule has 0 saturated heterocycles. The lowest BCUT2D eigenvalue weighted by Gasteiger charge is -2.17. The van der Waals surface area contributed by atoms with Crippen LogP contribution >= 0.6 is 0 Å². The number of hydrogen-bond donors (Lipinski definition) is 2. The number of benzene rings is 1. The van der Waals surface area contributed by atoms with Gasteiger partial charge in [-0.05, 0) is 49.2 Å². The first-order valence-corrected chi connectivity index (χ1v) is 9.37. The zero-order chi connectivity index (χ0) is 20.4. The second kappa shape index (κ2) is 7.71. The minimum atomic E-state index is -0.176. The van der Waals surface area contributed by atoms with Crippen LogP contribution in [0.2, 0.25) is 0 Å². The molecule has 0 spiro atoms. The maximum atomic E-state index is 12.5. The predicted molar refractivity (Wildman–Crippen MR) is 114 cm³/mol. The van der Waals surface area contributed by atoms with Crippen molar-refractivity contribution in [2.24, 2.45) is 7.05 Å². The molecule has 4 rings (SSSR count). The molecule has 0 radical (unpaired) electrons. The highest BCUT2D eigenvalue weighted by Gasteiger charge is 2.11. The minimum Gasteiger partial charge on any atom is -0.377 e. The molecule has 1 atom stereocenters. The molecule has 7 heteroatoms. The Morgan fingerprint density at radius 3 is 2.76 bits per heavy atom. The average Bonchev–Trinajstić information content (AvgIpc) is 3.08. The van der Waals surface area contributed by atoms with Crippen LogP contribution in [-0.2, 0) is 7.05 Å². The molecule has 0 fully saturated rings. The Morgan fingerprint density at radius 2 is 1.93 bits per heavy atom. The van der Waals surface area contributed by atoms with Gasteiger partial charge in [0.2, 0.25) is 0 Å². The van der Waals surface area contributed by atoms with Crippen molar-refractivity contribution < 1.29 is 4.79 Å². The van der Waals surface area contributed by atoms with Crippen LogP contribution < -0.4 is 10.6 Å².